The Morgan fingerprint density at radius 3 is 2.70 bits per heavy atom. The van der Waals surface area contributed by atoms with Crippen LogP contribution in [-0.4, -0.2) is 33.3 Å². The Bertz CT molecular complexity index is 544. The van der Waals surface area contributed by atoms with E-state index in [0.29, 0.717) is 13.0 Å². The number of amides is 2. The Labute approximate surface area is 119 Å². The zero-order chi connectivity index (χ0) is 14.9. The molecular formula is C15H21N3O2. The number of hydrogen-bond donors (Lipinski definition) is 1. The van der Waals surface area contributed by atoms with Gasteiger partial charge in [0, 0.05) is 18.9 Å². The molecule has 0 radical (unpaired) electrons. The maximum absolute atomic E-state index is 12.4. The van der Waals surface area contributed by atoms with Crippen molar-refractivity contribution >= 4 is 11.8 Å². The Kier molecular flexibility index (Phi) is 3.79. The van der Waals surface area contributed by atoms with Crippen LogP contribution in [0.3, 0.4) is 0 Å². The monoisotopic (exact) mass is 275 g/mol. The molecule has 20 heavy (non-hydrogen) atoms. The van der Waals surface area contributed by atoms with E-state index in [1.54, 1.807) is 24.2 Å². The molecule has 0 saturated carbocycles. The smallest absolute Gasteiger partial charge is 0.246 e. The van der Waals surface area contributed by atoms with Gasteiger partial charge in [-0.3, -0.25) is 14.6 Å². The van der Waals surface area contributed by atoms with Crippen molar-refractivity contribution in [2.45, 2.75) is 52.2 Å². The number of nitrogens with one attached hydrogen (secondary N) is 1. The van der Waals surface area contributed by atoms with Gasteiger partial charge in [0.25, 0.3) is 0 Å². The molecule has 1 aliphatic rings. The van der Waals surface area contributed by atoms with Crippen LogP contribution >= 0.6 is 0 Å². The topological polar surface area (TPSA) is 62.3 Å². The van der Waals surface area contributed by atoms with Crippen LogP contribution in [0.25, 0.3) is 0 Å². The summed E-state index contributed by atoms with van der Waals surface area (Å²) in [7, 11) is 0. The van der Waals surface area contributed by atoms with Crippen LogP contribution < -0.4 is 5.32 Å². The predicted octanol–water partition coefficient (Wildman–Crippen LogP) is 1.41. The number of piperazine rings is 1. The summed E-state index contributed by atoms with van der Waals surface area (Å²) in [5, 5.41) is 2.75. The van der Waals surface area contributed by atoms with Gasteiger partial charge in [-0.05, 0) is 38.3 Å². The molecule has 2 amide bonds. The van der Waals surface area contributed by atoms with Gasteiger partial charge in [-0.25, -0.2) is 0 Å². The number of hydrogen-bond acceptors (Lipinski definition) is 3. The van der Waals surface area contributed by atoms with Gasteiger partial charge in [0.15, 0.2) is 0 Å². The van der Waals surface area contributed by atoms with Crippen LogP contribution in [0.5, 0.6) is 0 Å². The maximum Gasteiger partial charge on any atom is 0.246 e. The van der Waals surface area contributed by atoms with Crippen LogP contribution in [0.2, 0.25) is 0 Å². The first-order valence-electron chi connectivity index (χ1n) is 6.91. The van der Waals surface area contributed by atoms with Crippen molar-refractivity contribution in [3.8, 4) is 0 Å². The lowest BCUT2D eigenvalue weighted by Crippen LogP contribution is -2.68. The summed E-state index contributed by atoms with van der Waals surface area (Å²) in [6.45, 7) is 7.83. The van der Waals surface area contributed by atoms with Gasteiger partial charge in [0.05, 0.1) is 0 Å². The summed E-state index contributed by atoms with van der Waals surface area (Å²) in [6, 6.07) is 1.52. The summed E-state index contributed by atoms with van der Waals surface area (Å²) in [5.41, 5.74) is 1.19. The fraction of sp³-hybridized carbons (Fsp3) is 0.533. The third-order valence-corrected chi connectivity index (χ3v) is 4.03. The minimum atomic E-state index is -0.798. The molecule has 5 nitrogen and oxygen atoms in total. The van der Waals surface area contributed by atoms with Crippen molar-refractivity contribution in [1.29, 1.82) is 0 Å². The Balaban J connectivity index is 2.34. The quantitative estimate of drug-likeness (QED) is 0.907. The molecule has 2 rings (SSSR count). The Morgan fingerprint density at radius 1 is 1.40 bits per heavy atom. The molecule has 0 bridgehead atoms. The number of carbonyl (C=O) groups excluding carboxylic acids is 2. The van der Waals surface area contributed by atoms with Crippen molar-refractivity contribution in [1.82, 2.24) is 15.2 Å². The highest BCUT2D eigenvalue weighted by Crippen LogP contribution is 2.27. The second kappa shape index (κ2) is 5.23. The molecular weight excluding hydrogens is 254 g/mol. The maximum atomic E-state index is 12.4. The predicted molar refractivity (Wildman–Crippen MR) is 75.8 cm³/mol. The highest BCUT2D eigenvalue weighted by Gasteiger charge is 2.46. The van der Waals surface area contributed by atoms with E-state index in [4.69, 9.17) is 0 Å². The first kappa shape index (κ1) is 14.5. The minimum Gasteiger partial charge on any atom is -0.343 e. The summed E-state index contributed by atoms with van der Waals surface area (Å²) in [5.74, 6) is -0.136. The van der Waals surface area contributed by atoms with Gasteiger partial charge in [-0.15, -0.1) is 0 Å². The van der Waals surface area contributed by atoms with Crippen molar-refractivity contribution in [3.63, 3.8) is 0 Å². The number of rotatable bonds is 3. The Morgan fingerprint density at radius 2 is 2.10 bits per heavy atom. The number of carbonyl (C=O) groups is 2. The summed E-state index contributed by atoms with van der Waals surface area (Å²) >= 11 is 0. The molecule has 1 aliphatic heterocycles. The zero-order valence-corrected chi connectivity index (χ0v) is 12.4. The second-order valence-corrected chi connectivity index (χ2v) is 5.62. The van der Waals surface area contributed by atoms with E-state index in [2.05, 4.69) is 10.3 Å². The lowest BCUT2D eigenvalue weighted by Gasteiger charge is -2.45. The van der Waals surface area contributed by atoms with Crippen molar-refractivity contribution in [2.75, 3.05) is 0 Å². The Hall–Kier alpha value is -1.91. The standard InChI is InChI=1S/C15H21N3O2/c1-5-15(4)14(20)17-11(3)13(19)18(15)9-12-6-10(2)7-16-8-12/h6-8,11H,5,9H2,1-4H3,(H,17,20). The summed E-state index contributed by atoms with van der Waals surface area (Å²) in [6.07, 6.45) is 4.10. The van der Waals surface area contributed by atoms with Gasteiger partial charge in [-0.1, -0.05) is 13.0 Å². The molecule has 2 heterocycles. The van der Waals surface area contributed by atoms with E-state index in [0.717, 1.165) is 11.1 Å². The van der Waals surface area contributed by atoms with E-state index < -0.39 is 11.6 Å². The molecule has 1 saturated heterocycles. The van der Waals surface area contributed by atoms with Gasteiger partial charge in [0.2, 0.25) is 11.8 Å². The highest BCUT2D eigenvalue weighted by atomic mass is 16.2. The normalized spacial score (nSPS) is 26.6. The van der Waals surface area contributed by atoms with E-state index >= 15 is 0 Å². The molecule has 0 aliphatic carbocycles. The summed E-state index contributed by atoms with van der Waals surface area (Å²) < 4.78 is 0. The molecule has 0 spiro atoms. The first-order valence-corrected chi connectivity index (χ1v) is 6.91. The molecule has 108 valence electrons. The lowest BCUT2D eigenvalue weighted by atomic mass is 9.90. The zero-order valence-electron chi connectivity index (χ0n) is 12.4. The van der Waals surface area contributed by atoms with E-state index in [1.807, 2.05) is 26.8 Å². The fourth-order valence-corrected chi connectivity index (χ4v) is 2.50. The lowest BCUT2D eigenvalue weighted by molar-refractivity contribution is -0.157. The number of nitrogens with zero attached hydrogens (tertiary/aromatic N) is 2. The van der Waals surface area contributed by atoms with Gasteiger partial charge in [-0.2, -0.15) is 0 Å². The second-order valence-electron chi connectivity index (χ2n) is 5.62. The van der Waals surface area contributed by atoms with Gasteiger partial charge in [0.1, 0.15) is 11.6 Å². The third kappa shape index (κ3) is 2.40. The molecule has 1 aromatic rings. The molecule has 1 aromatic heterocycles. The molecule has 1 N–H and O–H groups in total. The first-order chi connectivity index (χ1) is 9.38. The van der Waals surface area contributed by atoms with Crippen molar-refractivity contribution < 1.29 is 9.59 Å². The van der Waals surface area contributed by atoms with E-state index in [-0.39, 0.29) is 11.8 Å². The van der Waals surface area contributed by atoms with Crippen molar-refractivity contribution in [2.24, 2.45) is 0 Å². The van der Waals surface area contributed by atoms with Crippen LogP contribution in [0.4, 0.5) is 0 Å². The van der Waals surface area contributed by atoms with E-state index in [1.165, 1.54) is 0 Å². The number of pyridine rings is 1. The average Bonchev–Trinajstić information content (AvgIpc) is 2.41. The molecule has 2 unspecified atom stereocenters. The highest BCUT2D eigenvalue weighted by molar-refractivity contribution is 5.99. The third-order valence-electron chi connectivity index (χ3n) is 4.03. The van der Waals surface area contributed by atoms with Gasteiger partial charge < -0.3 is 10.2 Å². The number of aromatic nitrogens is 1. The fourth-order valence-electron chi connectivity index (χ4n) is 2.50. The average molecular weight is 275 g/mol. The summed E-state index contributed by atoms with van der Waals surface area (Å²) in [4.78, 5) is 30.5. The molecule has 2 atom stereocenters. The number of aryl methyl sites for hydroxylation is 1. The SMILES string of the molecule is CCC1(C)C(=O)NC(C)C(=O)N1Cc1cncc(C)c1. The van der Waals surface area contributed by atoms with Crippen molar-refractivity contribution in [3.05, 3.63) is 29.6 Å². The molecule has 5 heteroatoms. The van der Waals surface area contributed by atoms with Crippen LogP contribution in [0.1, 0.15) is 38.3 Å². The molecule has 0 aromatic carbocycles. The molecule has 1 fully saturated rings. The van der Waals surface area contributed by atoms with Gasteiger partial charge >= 0.3 is 0 Å². The van der Waals surface area contributed by atoms with Crippen LogP contribution in [0, 0.1) is 6.92 Å². The van der Waals surface area contributed by atoms with Crippen LogP contribution in [-0.2, 0) is 16.1 Å². The van der Waals surface area contributed by atoms with Crippen LogP contribution in [0.15, 0.2) is 18.5 Å². The largest absolute Gasteiger partial charge is 0.343 e. The minimum absolute atomic E-state index is 0.0459. The van der Waals surface area contributed by atoms with E-state index in [9.17, 15) is 9.59 Å².